The van der Waals surface area contributed by atoms with Crippen LogP contribution >= 0.6 is 0 Å². The van der Waals surface area contributed by atoms with E-state index in [1.807, 2.05) is 18.5 Å². The van der Waals surface area contributed by atoms with Crippen LogP contribution in [-0.2, 0) is 0 Å². The predicted octanol–water partition coefficient (Wildman–Crippen LogP) is 18.5. The SMILES string of the molecule is c1ccc(N(c2ccc3ccccc3c2)c2ccc(-c3cc(-c4ccc5c(c4)c4ccccc4n5-c4ccc(-c5ccncc5)cc4)cc(-c4cccc5c4oc4ccccc45)c3)c3ccccc23)cc1. The van der Waals surface area contributed by atoms with Gasteiger partial charge in [0, 0.05) is 62.0 Å². The van der Waals surface area contributed by atoms with Crippen molar-refractivity contribution < 1.29 is 4.42 Å². The van der Waals surface area contributed by atoms with Gasteiger partial charge in [0.05, 0.1) is 16.7 Å². The molecule has 0 radical (unpaired) electrons. The molecule has 4 nitrogen and oxygen atoms in total. The molecule has 4 heteroatoms. The largest absolute Gasteiger partial charge is 0.455 e. The van der Waals surface area contributed by atoms with Gasteiger partial charge in [-0.2, -0.15) is 0 Å². The standard InChI is InChI=1S/C67H43N3O/c1-2-15-52(16-3-1)69(54-31-27-44-13-4-5-14-47(44)42-54)64-34-32-55(57-17-6-7-18-58(57)64)50-39-49(40-51(41-50)56-21-12-22-61-60-20-9-11-24-66(60)71-67(56)61)48-28-33-65-62(43-48)59-19-8-10-23-63(59)70(65)53-29-25-45(26-30-53)46-35-37-68-38-36-46/h1-43H. The molecule has 0 spiro atoms. The second-order valence-corrected chi connectivity index (χ2v) is 18.3. The number of anilines is 3. The predicted molar refractivity (Wildman–Crippen MR) is 297 cm³/mol. The van der Waals surface area contributed by atoms with Crippen LogP contribution in [0.5, 0.6) is 0 Å². The van der Waals surface area contributed by atoms with Crippen molar-refractivity contribution in [3.63, 3.8) is 0 Å². The van der Waals surface area contributed by atoms with Crippen LogP contribution in [0.2, 0.25) is 0 Å². The van der Waals surface area contributed by atoms with E-state index in [1.165, 1.54) is 32.4 Å². The molecule has 0 fully saturated rings. The molecular formula is C67H43N3O. The number of benzene rings is 11. The average molecular weight is 906 g/mol. The van der Waals surface area contributed by atoms with Gasteiger partial charge in [-0.1, -0.05) is 152 Å². The van der Waals surface area contributed by atoms with E-state index in [0.717, 1.165) is 100 Å². The Labute approximate surface area is 410 Å². The Morgan fingerprint density at radius 1 is 0.338 bits per heavy atom. The van der Waals surface area contributed by atoms with E-state index in [2.05, 4.69) is 257 Å². The normalized spacial score (nSPS) is 11.7. The lowest BCUT2D eigenvalue weighted by Crippen LogP contribution is -2.10. The molecule has 0 atom stereocenters. The Morgan fingerprint density at radius 3 is 1.83 bits per heavy atom. The van der Waals surface area contributed by atoms with Gasteiger partial charge in [0.2, 0.25) is 0 Å². The van der Waals surface area contributed by atoms with Crippen molar-refractivity contribution in [1.29, 1.82) is 0 Å². The van der Waals surface area contributed by atoms with Crippen LogP contribution in [-0.4, -0.2) is 9.55 Å². The number of fused-ring (bicyclic) bond motifs is 8. The fourth-order valence-corrected chi connectivity index (χ4v) is 10.9. The van der Waals surface area contributed by atoms with Gasteiger partial charge >= 0.3 is 0 Å². The maximum Gasteiger partial charge on any atom is 0.143 e. The van der Waals surface area contributed by atoms with Gasteiger partial charge < -0.3 is 13.9 Å². The molecular weight excluding hydrogens is 863 g/mol. The van der Waals surface area contributed by atoms with Crippen molar-refractivity contribution in [2.45, 2.75) is 0 Å². The third-order valence-corrected chi connectivity index (χ3v) is 14.3. The van der Waals surface area contributed by atoms with Gasteiger partial charge in [-0.25, -0.2) is 0 Å². The highest BCUT2D eigenvalue weighted by Gasteiger charge is 2.21. The molecule has 3 aromatic heterocycles. The van der Waals surface area contributed by atoms with Gasteiger partial charge in [-0.05, 0) is 152 Å². The zero-order valence-electron chi connectivity index (χ0n) is 38.6. The van der Waals surface area contributed by atoms with Crippen molar-refractivity contribution in [3.05, 3.63) is 261 Å². The third kappa shape index (κ3) is 6.88. The fourth-order valence-electron chi connectivity index (χ4n) is 10.9. The Hall–Kier alpha value is -9.51. The van der Waals surface area contributed by atoms with Crippen LogP contribution in [0.25, 0.3) is 115 Å². The molecule has 0 unspecified atom stereocenters. The summed E-state index contributed by atoms with van der Waals surface area (Å²) >= 11 is 0. The van der Waals surface area contributed by atoms with E-state index in [1.54, 1.807) is 0 Å². The summed E-state index contributed by atoms with van der Waals surface area (Å²) in [6, 6.07) is 90.1. The maximum atomic E-state index is 6.72. The van der Waals surface area contributed by atoms with Gasteiger partial charge in [-0.3, -0.25) is 4.98 Å². The van der Waals surface area contributed by atoms with Gasteiger partial charge in [0.15, 0.2) is 0 Å². The molecule has 71 heavy (non-hydrogen) atoms. The Balaban J connectivity index is 0.965. The molecule has 0 N–H and O–H groups in total. The second kappa shape index (κ2) is 16.6. The number of aromatic nitrogens is 2. The molecule has 0 aliphatic rings. The second-order valence-electron chi connectivity index (χ2n) is 18.3. The molecule has 3 heterocycles. The minimum atomic E-state index is 0.885. The smallest absolute Gasteiger partial charge is 0.143 e. The Kier molecular flexibility index (Phi) is 9.49. The number of nitrogens with zero attached hydrogens (tertiary/aromatic N) is 3. The molecule has 332 valence electrons. The van der Waals surface area contributed by atoms with Gasteiger partial charge in [0.25, 0.3) is 0 Å². The van der Waals surface area contributed by atoms with Crippen LogP contribution in [0.3, 0.4) is 0 Å². The molecule has 0 saturated heterocycles. The van der Waals surface area contributed by atoms with Crippen LogP contribution < -0.4 is 4.90 Å². The lowest BCUT2D eigenvalue weighted by molar-refractivity contribution is 0.670. The van der Waals surface area contributed by atoms with Gasteiger partial charge in [-0.15, -0.1) is 0 Å². The lowest BCUT2D eigenvalue weighted by atomic mass is 9.90. The topological polar surface area (TPSA) is 34.2 Å². The van der Waals surface area contributed by atoms with Crippen LogP contribution in [0, 0.1) is 0 Å². The first-order chi connectivity index (χ1) is 35.2. The van der Waals surface area contributed by atoms with E-state index < -0.39 is 0 Å². The van der Waals surface area contributed by atoms with E-state index in [-0.39, 0.29) is 0 Å². The van der Waals surface area contributed by atoms with E-state index >= 15 is 0 Å². The monoisotopic (exact) mass is 905 g/mol. The van der Waals surface area contributed by atoms with Gasteiger partial charge in [0.1, 0.15) is 11.2 Å². The molecule has 14 rings (SSSR count). The number of hydrogen-bond acceptors (Lipinski definition) is 3. The molecule has 0 bridgehead atoms. The summed E-state index contributed by atoms with van der Waals surface area (Å²) in [5.74, 6) is 0. The van der Waals surface area contributed by atoms with E-state index in [4.69, 9.17) is 4.42 Å². The first-order valence-corrected chi connectivity index (χ1v) is 24.2. The number of hydrogen-bond donors (Lipinski definition) is 0. The summed E-state index contributed by atoms with van der Waals surface area (Å²) in [5.41, 5.74) is 17.5. The summed E-state index contributed by atoms with van der Waals surface area (Å²) in [5, 5.41) is 9.39. The summed E-state index contributed by atoms with van der Waals surface area (Å²) in [6.07, 6.45) is 3.69. The zero-order valence-corrected chi connectivity index (χ0v) is 38.6. The molecule has 0 saturated carbocycles. The minimum Gasteiger partial charge on any atom is -0.455 e. The Bertz CT molecular complexity index is 4340. The maximum absolute atomic E-state index is 6.72. The quantitative estimate of drug-likeness (QED) is 0.152. The van der Waals surface area contributed by atoms with Crippen LogP contribution in [0.4, 0.5) is 17.1 Å². The van der Waals surface area contributed by atoms with Crippen LogP contribution in [0.15, 0.2) is 266 Å². The summed E-state index contributed by atoms with van der Waals surface area (Å²) in [6.45, 7) is 0. The summed E-state index contributed by atoms with van der Waals surface area (Å²) in [7, 11) is 0. The molecule has 0 aliphatic carbocycles. The molecule has 0 aliphatic heterocycles. The third-order valence-electron chi connectivity index (χ3n) is 14.3. The fraction of sp³-hybridized carbons (Fsp3) is 0. The first kappa shape index (κ1) is 40.5. The lowest BCUT2D eigenvalue weighted by Gasteiger charge is -2.28. The first-order valence-electron chi connectivity index (χ1n) is 24.2. The van der Waals surface area contributed by atoms with Crippen molar-refractivity contribution in [3.8, 4) is 50.2 Å². The highest BCUT2D eigenvalue weighted by Crippen LogP contribution is 2.46. The number of pyridine rings is 1. The van der Waals surface area contributed by atoms with E-state index in [0.29, 0.717) is 0 Å². The number of rotatable bonds is 8. The highest BCUT2D eigenvalue weighted by molar-refractivity contribution is 6.13. The Morgan fingerprint density at radius 2 is 0.986 bits per heavy atom. The minimum absolute atomic E-state index is 0.885. The number of para-hydroxylation sites is 4. The molecule has 14 aromatic rings. The van der Waals surface area contributed by atoms with E-state index in [9.17, 15) is 0 Å². The van der Waals surface area contributed by atoms with Crippen molar-refractivity contribution in [2.24, 2.45) is 0 Å². The average Bonchev–Trinajstić information content (AvgIpc) is 3.99. The number of furan rings is 1. The van der Waals surface area contributed by atoms with Crippen molar-refractivity contribution in [2.75, 3.05) is 4.90 Å². The summed E-state index contributed by atoms with van der Waals surface area (Å²) < 4.78 is 9.11. The molecule has 0 amide bonds. The zero-order chi connectivity index (χ0) is 46.8. The van der Waals surface area contributed by atoms with Crippen LogP contribution in [0.1, 0.15) is 0 Å². The van der Waals surface area contributed by atoms with Crippen molar-refractivity contribution >= 4 is 82.4 Å². The van der Waals surface area contributed by atoms with Crippen molar-refractivity contribution in [1.82, 2.24) is 9.55 Å². The molecule has 11 aromatic carbocycles. The highest BCUT2D eigenvalue weighted by atomic mass is 16.3. The summed E-state index contributed by atoms with van der Waals surface area (Å²) in [4.78, 5) is 6.62.